The van der Waals surface area contributed by atoms with Crippen LogP contribution in [0.1, 0.15) is 13.8 Å². The Morgan fingerprint density at radius 1 is 1.53 bits per heavy atom. The zero-order valence-electron chi connectivity index (χ0n) is 11.7. The second-order valence-corrected chi connectivity index (χ2v) is 4.75. The summed E-state index contributed by atoms with van der Waals surface area (Å²) >= 11 is 0. The van der Waals surface area contributed by atoms with Crippen molar-refractivity contribution in [3.63, 3.8) is 0 Å². The van der Waals surface area contributed by atoms with Crippen LogP contribution in [0.5, 0.6) is 0 Å². The number of carbonyl (C=O) groups is 2. The molecule has 1 aliphatic rings. The molecule has 2 amide bonds. The maximum absolute atomic E-state index is 12.2. The molecule has 110 valence electrons. The number of morpholine rings is 1. The number of methoxy groups -OCH3 is 1. The van der Waals surface area contributed by atoms with Crippen LogP contribution in [-0.4, -0.2) is 68.3 Å². The molecule has 0 aromatic heterocycles. The van der Waals surface area contributed by atoms with Crippen molar-refractivity contribution in [3.05, 3.63) is 0 Å². The van der Waals surface area contributed by atoms with Crippen LogP contribution in [0.15, 0.2) is 0 Å². The van der Waals surface area contributed by atoms with E-state index in [9.17, 15) is 9.59 Å². The lowest BCUT2D eigenvalue weighted by molar-refractivity contribution is -0.156. The van der Waals surface area contributed by atoms with E-state index in [1.807, 2.05) is 13.8 Å². The summed E-state index contributed by atoms with van der Waals surface area (Å²) in [7, 11) is 1.43. The van der Waals surface area contributed by atoms with Gasteiger partial charge in [0.2, 0.25) is 5.91 Å². The summed E-state index contributed by atoms with van der Waals surface area (Å²) in [5.74, 6) is -0.480. The third-order valence-corrected chi connectivity index (χ3v) is 2.92. The van der Waals surface area contributed by atoms with Crippen LogP contribution in [-0.2, 0) is 19.1 Å². The van der Waals surface area contributed by atoms with Crippen molar-refractivity contribution < 1.29 is 19.1 Å². The van der Waals surface area contributed by atoms with Gasteiger partial charge in [-0.05, 0) is 13.8 Å². The van der Waals surface area contributed by atoms with Crippen LogP contribution in [0.3, 0.4) is 0 Å². The fourth-order valence-corrected chi connectivity index (χ4v) is 1.95. The monoisotopic (exact) mass is 273 g/mol. The summed E-state index contributed by atoms with van der Waals surface area (Å²) in [6.45, 7) is 4.81. The fourth-order valence-electron chi connectivity index (χ4n) is 1.95. The molecule has 0 bridgehead atoms. The molecular weight excluding hydrogens is 250 g/mol. The van der Waals surface area contributed by atoms with Gasteiger partial charge in [0.05, 0.1) is 13.2 Å². The predicted molar refractivity (Wildman–Crippen MR) is 69.5 cm³/mol. The van der Waals surface area contributed by atoms with Gasteiger partial charge in [-0.15, -0.1) is 0 Å². The number of hydrogen-bond acceptors (Lipinski definition) is 5. The molecule has 2 unspecified atom stereocenters. The van der Waals surface area contributed by atoms with E-state index in [1.165, 1.54) is 12.0 Å². The Kier molecular flexibility index (Phi) is 6.20. The highest BCUT2D eigenvalue weighted by atomic mass is 16.5. The molecule has 1 rings (SSSR count). The zero-order valence-corrected chi connectivity index (χ0v) is 11.7. The molecular formula is C12H23N3O4. The minimum absolute atomic E-state index is 0.0131. The average molecular weight is 273 g/mol. The lowest BCUT2D eigenvalue weighted by Gasteiger charge is -2.36. The molecule has 3 N–H and O–H groups in total. The van der Waals surface area contributed by atoms with Crippen LogP contribution < -0.4 is 11.1 Å². The van der Waals surface area contributed by atoms with E-state index in [-0.39, 0.29) is 31.0 Å². The van der Waals surface area contributed by atoms with Gasteiger partial charge in [-0.2, -0.15) is 0 Å². The first-order valence-corrected chi connectivity index (χ1v) is 6.42. The van der Waals surface area contributed by atoms with Crippen molar-refractivity contribution in [2.24, 2.45) is 5.73 Å². The van der Waals surface area contributed by atoms with Gasteiger partial charge in [0.1, 0.15) is 12.1 Å². The molecule has 1 aliphatic heterocycles. The van der Waals surface area contributed by atoms with Crippen LogP contribution in [0.25, 0.3) is 0 Å². The number of rotatable bonds is 5. The maximum Gasteiger partial charge on any atom is 0.253 e. The smallest absolute Gasteiger partial charge is 0.253 e. The number of hydrogen-bond donors (Lipinski definition) is 2. The molecule has 0 aromatic carbocycles. The van der Waals surface area contributed by atoms with Gasteiger partial charge in [0, 0.05) is 26.2 Å². The number of carbonyl (C=O) groups excluding carboxylic acids is 2. The van der Waals surface area contributed by atoms with Crippen molar-refractivity contribution in [1.82, 2.24) is 10.2 Å². The molecule has 0 saturated carbocycles. The first kappa shape index (κ1) is 15.9. The Morgan fingerprint density at radius 2 is 2.21 bits per heavy atom. The summed E-state index contributed by atoms with van der Waals surface area (Å²) in [6.07, 6.45) is -0.715. The highest BCUT2D eigenvalue weighted by Crippen LogP contribution is 2.10. The van der Waals surface area contributed by atoms with E-state index in [2.05, 4.69) is 5.32 Å². The summed E-state index contributed by atoms with van der Waals surface area (Å²) in [4.78, 5) is 25.8. The highest BCUT2D eigenvalue weighted by Gasteiger charge is 2.35. The van der Waals surface area contributed by atoms with E-state index >= 15 is 0 Å². The fraction of sp³-hybridized carbons (Fsp3) is 0.833. The Morgan fingerprint density at radius 3 is 2.74 bits per heavy atom. The highest BCUT2D eigenvalue weighted by molar-refractivity contribution is 5.90. The standard InChI is InChI=1S/C12H23N3O4/c1-8(2)14-11(16)9-7-19-5-4-15(9)12(17)10(6-13)18-3/h8-10H,4-7,13H2,1-3H3,(H,14,16). The molecule has 19 heavy (non-hydrogen) atoms. The zero-order chi connectivity index (χ0) is 14.4. The van der Waals surface area contributed by atoms with E-state index in [0.717, 1.165) is 0 Å². The van der Waals surface area contributed by atoms with Gasteiger partial charge in [-0.1, -0.05) is 0 Å². The first-order chi connectivity index (χ1) is 9.01. The third kappa shape index (κ3) is 4.15. The second kappa shape index (κ2) is 7.42. The molecule has 1 saturated heterocycles. The molecule has 0 aliphatic carbocycles. The quantitative estimate of drug-likeness (QED) is 0.650. The minimum atomic E-state index is -0.715. The first-order valence-electron chi connectivity index (χ1n) is 6.42. The molecule has 0 spiro atoms. The molecule has 1 fully saturated rings. The summed E-state index contributed by atoms with van der Waals surface area (Å²) in [5, 5.41) is 2.79. The Balaban J connectivity index is 2.77. The van der Waals surface area contributed by atoms with E-state index in [0.29, 0.717) is 13.2 Å². The molecule has 7 heteroatoms. The largest absolute Gasteiger partial charge is 0.377 e. The Bertz CT molecular complexity index is 318. The summed E-state index contributed by atoms with van der Waals surface area (Å²) in [5.41, 5.74) is 5.49. The number of nitrogens with two attached hydrogens (primary N) is 1. The molecule has 1 heterocycles. The van der Waals surface area contributed by atoms with Crippen molar-refractivity contribution >= 4 is 11.8 Å². The lowest BCUT2D eigenvalue weighted by Crippen LogP contribution is -2.59. The second-order valence-electron chi connectivity index (χ2n) is 4.75. The SMILES string of the molecule is COC(CN)C(=O)N1CCOCC1C(=O)NC(C)C. The van der Waals surface area contributed by atoms with Crippen molar-refractivity contribution in [2.45, 2.75) is 32.0 Å². The molecule has 7 nitrogen and oxygen atoms in total. The summed E-state index contributed by atoms with van der Waals surface area (Å²) in [6, 6.07) is -0.605. The topological polar surface area (TPSA) is 93.9 Å². The van der Waals surface area contributed by atoms with Gasteiger partial charge in [-0.3, -0.25) is 9.59 Å². The summed E-state index contributed by atoms with van der Waals surface area (Å²) < 4.78 is 10.3. The van der Waals surface area contributed by atoms with Crippen LogP contribution >= 0.6 is 0 Å². The van der Waals surface area contributed by atoms with E-state index in [1.54, 1.807) is 0 Å². The van der Waals surface area contributed by atoms with E-state index < -0.39 is 12.1 Å². The van der Waals surface area contributed by atoms with Crippen LogP contribution in [0.4, 0.5) is 0 Å². The Labute approximate surface area is 113 Å². The molecule has 0 radical (unpaired) electrons. The normalized spacial score (nSPS) is 21.3. The van der Waals surface area contributed by atoms with E-state index in [4.69, 9.17) is 15.2 Å². The van der Waals surface area contributed by atoms with Gasteiger partial charge in [0.15, 0.2) is 0 Å². The van der Waals surface area contributed by atoms with Crippen molar-refractivity contribution in [2.75, 3.05) is 33.4 Å². The van der Waals surface area contributed by atoms with Gasteiger partial charge in [0.25, 0.3) is 5.91 Å². The lowest BCUT2D eigenvalue weighted by atomic mass is 10.1. The molecule has 2 atom stereocenters. The minimum Gasteiger partial charge on any atom is -0.377 e. The van der Waals surface area contributed by atoms with Gasteiger partial charge < -0.3 is 25.4 Å². The predicted octanol–water partition coefficient (Wildman–Crippen LogP) is -1.29. The van der Waals surface area contributed by atoms with Crippen LogP contribution in [0, 0.1) is 0 Å². The number of ether oxygens (including phenoxy) is 2. The average Bonchev–Trinajstić information content (AvgIpc) is 2.39. The van der Waals surface area contributed by atoms with Crippen molar-refractivity contribution in [1.29, 1.82) is 0 Å². The van der Waals surface area contributed by atoms with Crippen LogP contribution in [0.2, 0.25) is 0 Å². The molecule has 0 aromatic rings. The Hall–Kier alpha value is -1.18. The van der Waals surface area contributed by atoms with Crippen molar-refractivity contribution in [3.8, 4) is 0 Å². The maximum atomic E-state index is 12.2. The van der Waals surface area contributed by atoms with Gasteiger partial charge >= 0.3 is 0 Å². The third-order valence-electron chi connectivity index (χ3n) is 2.92. The number of nitrogens with zero attached hydrogens (tertiary/aromatic N) is 1. The number of amides is 2. The van der Waals surface area contributed by atoms with Gasteiger partial charge in [-0.25, -0.2) is 0 Å². The number of nitrogens with one attached hydrogen (secondary N) is 1.